The van der Waals surface area contributed by atoms with Gasteiger partial charge in [-0.05, 0) is 26.3 Å². The number of ether oxygens (including phenoxy) is 1. The zero-order valence-corrected chi connectivity index (χ0v) is 12.2. The molecular formula is C14H21NO2S. The molecule has 1 unspecified atom stereocenters. The zero-order valence-electron chi connectivity index (χ0n) is 11.4. The summed E-state index contributed by atoms with van der Waals surface area (Å²) in [6.45, 7) is 9.22. The molecule has 0 saturated carbocycles. The molecule has 0 spiro atoms. The van der Waals surface area contributed by atoms with Crippen LogP contribution in [-0.4, -0.2) is 43.0 Å². The first-order valence-electron chi connectivity index (χ1n) is 6.54. The van der Waals surface area contributed by atoms with Crippen molar-refractivity contribution in [1.29, 1.82) is 0 Å². The van der Waals surface area contributed by atoms with E-state index in [1.807, 2.05) is 13.0 Å². The van der Waals surface area contributed by atoms with Crippen LogP contribution in [-0.2, 0) is 4.74 Å². The van der Waals surface area contributed by atoms with Crippen LogP contribution in [0.3, 0.4) is 0 Å². The quantitative estimate of drug-likeness (QED) is 0.786. The first-order chi connectivity index (χ1) is 8.60. The van der Waals surface area contributed by atoms with Crippen LogP contribution in [0.15, 0.2) is 6.07 Å². The molecule has 1 aliphatic rings. The van der Waals surface area contributed by atoms with Crippen molar-refractivity contribution in [3.8, 4) is 0 Å². The molecule has 4 heteroatoms. The van der Waals surface area contributed by atoms with Gasteiger partial charge in [-0.25, -0.2) is 0 Å². The monoisotopic (exact) mass is 267 g/mol. The van der Waals surface area contributed by atoms with E-state index in [2.05, 4.69) is 18.7 Å². The van der Waals surface area contributed by atoms with Crippen LogP contribution in [0.5, 0.6) is 0 Å². The van der Waals surface area contributed by atoms with Crippen LogP contribution in [0.2, 0.25) is 0 Å². The molecule has 2 heterocycles. The summed E-state index contributed by atoms with van der Waals surface area (Å²) in [6, 6.07) is 2.01. The largest absolute Gasteiger partial charge is 0.376 e. The second kappa shape index (κ2) is 5.95. The molecule has 0 N–H and O–H groups in total. The van der Waals surface area contributed by atoms with E-state index in [9.17, 15) is 4.79 Å². The number of hydrogen-bond donors (Lipinski definition) is 0. The fourth-order valence-electron chi connectivity index (χ4n) is 2.37. The molecule has 1 aromatic rings. The number of nitrogens with zero attached hydrogens (tertiary/aromatic N) is 1. The second-order valence-electron chi connectivity index (χ2n) is 4.89. The molecule has 1 saturated heterocycles. The Kier molecular flexibility index (Phi) is 4.54. The van der Waals surface area contributed by atoms with E-state index in [1.54, 1.807) is 11.3 Å². The normalized spacial score (nSPS) is 21.2. The smallest absolute Gasteiger partial charge is 0.177 e. The molecular weight excluding hydrogens is 246 g/mol. The number of aryl methyl sites for hydroxylation is 2. The Morgan fingerprint density at radius 2 is 2.33 bits per heavy atom. The molecule has 1 aromatic heterocycles. The van der Waals surface area contributed by atoms with Crippen molar-refractivity contribution in [1.82, 2.24) is 4.90 Å². The van der Waals surface area contributed by atoms with Crippen LogP contribution in [0.1, 0.15) is 33.5 Å². The summed E-state index contributed by atoms with van der Waals surface area (Å²) in [7, 11) is 0. The number of rotatable bonds is 4. The van der Waals surface area contributed by atoms with Gasteiger partial charge in [0.15, 0.2) is 5.78 Å². The lowest BCUT2D eigenvalue weighted by molar-refractivity contribution is -0.0271. The van der Waals surface area contributed by atoms with Crippen LogP contribution < -0.4 is 0 Å². The van der Waals surface area contributed by atoms with Crippen LogP contribution in [0, 0.1) is 13.8 Å². The zero-order chi connectivity index (χ0) is 13.1. The Hall–Kier alpha value is -0.710. The minimum atomic E-state index is 0.244. The Morgan fingerprint density at radius 1 is 1.56 bits per heavy atom. The molecule has 0 bridgehead atoms. The molecule has 3 nitrogen and oxygen atoms in total. The third-order valence-corrected chi connectivity index (χ3v) is 4.35. The highest BCUT2D eigenvalue weighted by molar-refractivity contribution is 7.12. The third-order valence-electron chi connectivity index (χ3n) is 3.39. The Bertz CT molecular complexity index is 427. The third kappa shape index (κ3) is 3.19. The average Bonchev–Trinajstić information content (AvgIpc) is 2.69. The molecule has 0 amide bonds. The molecule has 1 fully saturated rings. The van der Waals surface area contributed by atoms with E-state index >= 15 is 0 Å². The summed E-state index contributed by atoms with van der Waals surface area (Å²) >= 11 is 1.70. The van der Waals surface area contributed by atoms with E-state index in [4.69, 9.17) is 4.74 Å². The number of morpholine rings is 1. The standard InChI is InChI=1S/C14H21NO2S/c1-4-12-8-15(5-6-17-12)9-14(16)13-7-10(2)18-11(13)3/h7,12H,4-6,8-9H2,1-3H3. The summed E-state index contributed by atoms with van der Waals surface area (Å²) in [6.07, 6.45) is 1.30. The fourth-order valence-corrected chi connectivity index (χ4v) is 3.31. The van der Waals surface area contributed by atoms with Crippen LogP contribution in [0.4, 0.5) is 0 Å². The highest BCUT2D eigenvalue weighted by Crippen LogP contribution is 2.21. The summed E-state index contributed by atoms with van der Waals surface area (Å²) in [5, 5.41) is 0. The van der Waals surface area contributed by atoms with Crippen molar-refractivity contribution in [2.75, 3.05) is 26.2 Å². The Balaban J connectivity index is 1.97. The number of Topliss-reactive ketones (excluding diaryl/α,β-unsaturated/α-hetero) is 1. The molecule has 0 aliphatic carbocycles. The highest BCUT2D eigenvalue weighted by Gasteiger charge is 2.22. The average molecular weight is 267 g/mol. The van der Waals surface area contributed by atoms with Crippen molar-refractivity contribution < 1.29 is 9.53 Å². The van der Waals surface area contributed by atoms with Gasteiger partial charge in [0.25, 0.3) is 0 Å². The minimum Gasteiger partial charge on any atom is -0.376 e. The lowest BCUT2D eigenvalue weighted by Gasteiger charge is -2.31. The molecule has 100 valence electrons. The van der Waals surface area contributed by atoms with Gasteiger partial charge in [0.1, 0.15) is 0 Å². The van der Waals surface area contributed by atoms with Crippen LogP contribution >= 0.6 is 11.3 Å². The maximum absolute atomic E-state index is 12.3. The molecule has 0 radical (unpaired) electrons. The highest BCUT2D eigenvalue weighted by atomic mass is 32.1. The molecule has 1 aliphatic heterocycles. The van der Waals surface area contributed by atoms with Gasteiger partial charge >= 0.3 is 0 Å². The first-order valence-corrected chi connectivity index (χ1v) is 7.36. The lowest BCUT2D eigenvalue weighted by atomic mass is 10.1. The van der Waals surface area contributed by atoms with Crippen molar-refractivity contribution in [2.24, 2.45) is 0 Å². The maximum atomic E-state index is 12.3. The topological polar surface area (TPSA) is 29.5 Å². The second-order valence-corrected chi connectivity index (χ2v) is 6.35. The molecule has 0 aromatic carbocycles. The van der Waals surface area contributed by atoms with E-state index in [1.165, 1.54) is 4.88 Å². The van der Waals surface area contributed by atoms with E-state index in [0.717, 1.165) is 36.6 Å². The SMILES string of the molecule is CCC1CN(CC(=O)c2cc(C)sc2C)CCO1. The number of ketones is 1. The number of thiophene rings is 1. The van der Waals surface area contributed by atoms with Gasteiger partial charge in [-0.15, -0.1) is 11.3 Å². The van der Waals surface area contributed by atoms with Gasteiger partial charge in [0.2, 0.25) is 0 Å². The molecule has 2 rings (SSSR count). The van der Waals surface area contributed by atoms with Crippen molar-refractivity contribution in [3.63, 3.8) is 0 Å². The summed E-state index contributed by atoms with van der Waals surface area (Å²) in [4.78, 5) is 16.8. The van der Waals surface area contributed by atoms with Crippen molar-refractivity contribution >= 4 is 17.1 Å². The molecule has 18 heavy (non-hydrogen) atoms. The summed E-state index contributed by atoms with van der Waals surface area (Å²) in [5.74, 6) is 0.244. The van der Waals surface area contributed by atoms with Gasteiger partial charge in [0, 0.05) is 28.4 Å². The van der Waals surface area contributed by atoms with Crippen molar-refractivity contribution in [2.45, 2.75) is 33.3 Å². The Labute approximate surface area is 113 Å². The summed E-state index contributed by atoms with van der Waals surface area (Å²) < 4.78 is 5.62. The Morgan fingerprint density at radius 3 is 2.94 bits per heavy atom. The van der Waals surface area contributed by atoms with Crippen LogP contribution in [0.25, 0.3) is 0 Å². The van der Waals surface area contributed by atoms with Gasteiger partial charge < -0.3 is 4.74 Å². The van der Waals surface area contributed by atoms with Gasteiger partial charge in [-0.2, -0.15) is 0 Å². The fraction of sp³-hybridized carbons (Fsp3) is 0.643. The van der Waals surface area contributed by atoms with Gasteiger partial charge in [-0.1, -0.05) is 6.92 Å². The first kappa shape index (κ1) is 13.7. The number of carbonyl (C=O) groups is 1. The lowest BCUT2D eigenvalue weighted by Crippen LogP contribution is -2.44. The maximum Gasteiger partial charge on any atom is 0.177 e. The number of hydrogen-bond acceptors (Lipinski definition) is 4. The van der Waals surface area contributed by atoms with Crippen molar-refractivity contribution in [3.05, 3.63) is 21.4 Å². The van der Waals surface area contributed by atoms with E-state index < -0.39 is 0 Å². The predicted octanol–water partition coefficient (Wildman–Crippen LogP) is 2.66. The molecule has 1 atom stereocenters. The van der Waals surface area contributed by atoms with Gasteiger partial charge in [-0.3, -0.25) is 9.69 Å². The van der Waals surface area contributed by atoms with Gasteiger partial charge in [0.05, 0.1) is 19.3 Å². The number of carbonyl (C=O) groups excluding carboxylic acids is 1. The van der Waals surface area contributed by atoms with E-state index in [0.29, 0.717) is 6.54 Å². The minimum absolute atomic E-state index is 0.244. The van der Waals surface area contributed by atoms with E-state index in [-0.39, 0.29) is 11.9 Å². The predicted molar refractivity (Wildman–Crippen MR) is 74.6 cm³/mol. The summed E-state index contributed by atoms with van der Waals surface area (Å²) in [5.41, 5.74) is 0.900.